The van der Waals surface area contributed by atoms with E-state index in [1.165, 1.54) is 65.2 Å². The lowest BCUT2D eigenvalue weighted by Crippen LogP contribution is -2.24. The summed E-state index contributed by atoms with van der Waals surface area (Å²) in [5.41, 5.74) is 12.6. The van der Waals surface area contributed by atoms with Gasteiger partial charge in [-0.05, 0) is 126 Å². The third-order valence-electron chi connectivity index (χ3n) is 12.0. The number of fused-ring (bicyclic) bond motifs is 6. The Hall–Kier alpha value is -5.64. The van der Waals surface area contributed by atoms with Crippen molar-refractivity contribution in [2.75, 3.05) is 9.80 Å². The molecule has 2 unspecified atom stereocenters. The Morgan fingerprint density at radius 2 is 1.22 bits per heavy atom. The van der Waals surface area contributed by atoms with E-state index in [0.717, 1.165) is 37.1 Å². The van der Waals surface area contributed by atoms with Gasteiger partial charge >= 0.3 is 0 Å². The summed E-state index contributed by atoms with van der Waals surface area (Å²) in [4.78, 5) is 4.87. The van der Waals surface area contributed by atoms with E-state index in [4.69, 9.17) is 0 Å². The molecule has 4 aliphatic carbocycles. The average Bonchev–Trinajstić information content (AvgIpc) is 3.72. The van der Waals surface area contributed by atoms with Gasteiger partial charge in [-0.15, -0.1) is 11.3 Å². The molecule has 54 heavy (non-hydrogen) atoms. The fourth-order valence-electron chi connectivity index (χ4n) is 9.25. The minimum atomic E-state index is 0.0303. The molecule has 0 aliphatic heterocycles. The summed E-state index contributed by atoms with van der Waals surface area (Å²) in [7, 11) is 0. The third-order valence-corrected chi connectivity index (χ3v) is 13.2. The smallest absolute Gasteiger partial charge is 0.0464 e. The van der Waals surface area contributed by atoms with Crippen LogP contribution in [0.1, 0.15) is 56.6 Å². The summed E-state index contributed by atoms with van der Waals surface area (Å²) in [5.74, 6) is 0.892. The molecule has 0 N–H and O–H groups in total. The molecule has 1 heterocycles. The molecular weight excluding hydrogens is 673 g/mol. The summed E-state index contributed by atoms with van der Waals surface area (Å²) in [6, 6.07) is 41.1. The van der Waals surface area contributed by atoms with E-state index in [-0.39, 0.29) is 5.41 Å². The summed E-state index contributed by atoms with van der Waals surface area (Å²) < 4.78 is 2.68. The largest absolute Gasteiger partial charge is 0.311 e. The molecule has 2 nitrogen and oxygen atoms in total. The second-order valence-corrected chi connectivity index (χ2v) is 16.6. The van der Waals surface area contributed by atoms with Crippen LogP contribution in [0.4, 0.5) is 22.7 Å². The van der Waals surface area contributed by atoms with Crippen LogP contribution in [-0.4, -0.2) is 0 Å². The number of nitrogens with zero attached hydrogens (tertiary/aromatic N) is 2. The molecule has 264 valence electrons. The van der Waals surface area contributed by atoms with Gasteiger partial charge in [-0.25, -0.2) is 0 Å². The van der Waals surface area contributed by atoms with Gasteiger partial charge in [0.25, 0.3) is 0 Å². The maximum absolute atomic E-state index is 2.47. The van der Waals surface area contributed by atoms with Crippen molar-refractivity contribution in [2.24, 2.45) is 5.92 Å². The van der Waals surface area contributed by atoms with E-state index in [0.29, 0.717) is 11.8 Å². The average molecular weight is 717 g/mol. The van der Waals surface area contributed by atoms with E-state index in [1.54, 1.807) is 0 Å². The molecule has 2 atom stereocenters. The van der Waals surface area contributed by atoms with Crippen molar-refractivity contribution >= 4 is 54.3 Å². The third kappa shape index (κ3) is 5.53. The lowest BCUT2D eigenvalue weighted by molar-refractivity contribution is 0.394. The minimum absolute atomic E-state index is 0.0303. The summed E-state index contributed by atoms with van der Waals surface area (Å²) >= 11 is 1.89. The van der Waals surface area contributed by atoms with Crippen molar-refractivity contribution in [3.63, 3.8) is 0 Å². The predicted octanol–water partition coefficient (Wildman–Crippen LogP) is 14.6. The molecule has 0 radical (unpaired) electrons. The lowest BCUT2D eigenvalue weighted by Gasteiger charge is -2.31. The second-order valence-electron chi connectivity index (χ2n) is 15.5. The van der Waals surface area contributed by atoms with E-state index in [1.807, 2.05) is 11.3 Å². The van der Waals surface area contributed by atoms with Gasteiger partial charge in [0.2, 0.25) is 0 Å². The SMILES string of the molecule is CC1(C)c2cc(N(c3ccc(-c4cccc5c4sc4ccccc45)cc3)c3ccc(N(C4=CCCC=C4)C4=CCCC=C4)cc3)ccc2C2C=CC=CC21. The van der Waals surface area contributed by atoms with Crippen LogP contribution < -0.4 is 9.80 Å². The zero-order chi connectivity index (χ0) is 36.2. The molecule has 0 fully saturated rings. The first-order valence-electron chi connectivity index (χ1n) is 19.5. The molecule has 5 aromatic carbocycles. The van der Waals surface area contributed by atoms with E-state index >= 15 is 0 Å². The van der Waals surface area contributed by atoms with Crippen LogP contribution in [0, 0.1) is 5.92 Å². The van der Waals surface area contributed by atoms with Gasteiger partial charge in [0, 0.05) is 60.2 Å². The number of hydrogen-bond acceptors (Lipinski definition) is 3. The highest BCUT2D eigenvalue weighted by molar-refractivity contribution is 7.26. The van der Waals surface area contributed by atoms with Crippen LogP contribution in [0.3, 0.4) is 0 Å². The Morgan fingerprint density at radius 3 is 1.93 bits per heavy atom. The number of anilines is 4. The normalized spacial score (nSPS) is 19.4. The molecular formula is C51H44N2S. The van der Waals surface area contributed by atoms with Gasteiger partial charge in [-0.1, -0.05) is 117 Å². The van der Waals surface area contributed by atoms with Crippen molar-refractivity contribution in [3.05, 3.63) is 192 Å². The Morgan fingerprint density at radius 1 is 0.593 bits per heavy atom. The second kappa shape index (κ2) is 13.3. The van der Waals surface area contributed by atoms with E-state index < -0.39 is 0 Å². The molecule has 3 heteroatoms. The minimum Gasteiger partial charge on any atom is -0.311 e. The number of allylic oxidation sites excluding steroid dienone is 10. The maximum Gasteiger partial charge on any atom is 0.0464 e. The molecule has 4 aliphatic rings. The van der Waals surface area contributed by atoms with Gasteiger partial charge in [-0.2, -0.15) is 0 Å². The predicted molar refractivity (Wildman–Crippen MR) is 232 cm³/mol. The monoisotopic (exact) mass is 716 g/mol. The number of rotatable bonds is 7. The maximum atomic E-state index is 2.47. The summed E-state index contributed by atoms with van der Waals surface area (Å²) in [6.45, 7) is 4.84. The van der Waals surface area contributed by atoms with Gasteiger partial charge < -0.3 is 9.80 Å². The standard InChI is InChI=1S/C51H44N2S/c1-51(2)47-22-11-9-18-43(47)44-33-32-41(34-48(44)51)53(40-30-28-39(29-31-40)52(36-14-5-3-6-15-36)37-16-7-4-8-17-37)38-26-24-35(25-27-38)42-20-13-21-46-45-19-10-12-23-49(45)54-50(42)46/h5,7,9-34,43,47H,3-4,6,8H2,1-2H3. The van der Waals surface area contributed by atoms with Crippen LogP contribution in [0.5, 0.6) is 0 Å². The van der Waals surface area contributed by atoms with Crippen LogP contribution in [0.25, 0.3) is 31.3 Å². The van der Waals surface area contributed by atoms with Crippen molar-refractivity contribution < 1.29 is 0 Å². The van der Waals surface area contributed by atoms with Crippen LogP contribution >= 0.6 is 11.3 Å². The van der Waals surface area contributed by atoms with Crippen molar-refractivity contribution in [1.82, 2.24) is 0 Å². The molecule has 6 aromatic rings. The number of benzene rings is 5. The van der Waals surface area contributed by atoms with Gasteiger partial charge in [0.1, 0.15) is 0 Å². The van der Waals surface area contributed by atoms with Crippen molar-refractivity contribution in [2.45, 2.75) is 50.9 Å². The Labute approximate surface area is 323 Å². The van der Waals surface area contributed by atoms with Gasteiger partial charge in [-0.3, -0.25) is 0 Å². The molecule has 1 aromatic heterocycles. The van der Waals surface area contributed by atoms with E-state index in [9.17, 15) is 0 Å². The van der Waals surface area contributed by atoms with Crippen molar-refractivity contribution in [3.8, 4) is 11.1 Å². The van der Waals surface area contributed by atoms with Crippen LogP contribution in [0.15, 0.2) is 181 Å². The zero-order valence-corrected chi connectivity index (χ0v) is 31.8. The first-order valence-corrected chi connectivity index (χ1v) is 20.3. The lowest BCUT2D eigenvalue weighted by atomic mass is 9.74. The first kappa shape index (κ1) is 33.0. The van der Waals surface area contributed by atoms with Crippen molar-refractivity contribution in [1.29, 1.82) is 0 Å². The Bertz CT molecular complexity index is 2560. The van der Waals surface area contributed by atoms with Gasteiger partial charge in [0.05, 0.1) is 0 Å². The zero-order valence-electron chi connectivity index (χ0n) is 31.0. The van der Waals surface area contributed by atoms with Crippen LogP contribution in [0.2, 0.25) is 0 Å². The molecule has 0 spiro atoms. The number of thiophene rings is 1. The Kier molecular flexibility index (Phi) is 8.14. The molecule has 0 bridgehead atoms. The molecule has 10 rings (SSSR count). The quantitative estimate of drug-likeness (QED) is 0.162. The van der Waals surface area contributed by atoms with Gasteiger partial charge in [0.15, 0.2) is 0 Å². The fourth-order valence-corrected chi connectivity index (χ4v) is 10.5. The highest BCUT2D eigenvalue weighted by atomic mass is 32.1. The molecule has 0 saturated heterocycles. The highest BCUT2D eigenvalue weighted by Crippen LogP contribution is 2.54. The Balaban J connectivity index is 1.07. The summed E-state index contributed by atoms with van der Waals surface area (Å²) in [5, 5.41) is 2.67. The molecule has 0 amide bonds. The fraction of sp³-hybridized carbons (Fsp3) is 0.176. The first-order chi connectivity index (χ1) is 26.5. The number of hydrogen-bond donors (Lipinski definition) is 0. The van der Waals surface area contributed by atoms with E-state index in [2.05, 4.69) is 194 Å². The molecule has 0 saturated carbocycles. The summed E-state index contributed by atoms with van der Waals surface area (Å²) in [6.07, 6.45) is 27.5. The topological polar surface area (TPSA) is 6.48 Å². The van der Waals surface area contributed by atoms with Crippen LogP contribution in [-0.2, 0) is 5.41 Å². The highest BCUT2D eigenvalue weighted by Gasteiger charge is 2.44.